The van der Waals surface area contributed by atoms with Crippen molar-refractivity contribution in [1.82, 2.24) is 5.32 Å². The maximum Gasteiger partial charge on any atom is 0.0717 e. The summed E-state index contributed by atoms with van der Waals surface area (Å²) in [7, 11) is -0.242. The summed E-state index contributed by atoms with van der Waals surface area (Å²) in [6, 6.07) is 10.8. The van der Waals surface area contributed by atoms with Gasteiger partial charge in [0.15, 0.2) is 0 Å². The fourth-order valence-electron chi connectivity index (χ4n) is 2.12. The van der Waals surface area contributed by atoms with Crippen LogP contribution in [0, 0.1) is 5.54 Å². The minimum absolute atomic E-state index is 0.242. The van der Waals surface area contributed by atoms with Gasteiger partial charge in [-0.3, -0.25) is 0 Å². The van der Waals surface area contributed by atoms with Gasteiger partial charge >= 0.3 is 0 Å². The van der Waals surface area contributed by atoms with Gasteiger partial charge in [-0.05, 0) is 26.9 Å². The van der Waals surface area contributed by atoms with E-state index >= 15 is 0 Å². The molecule has 1 aromatic carbocycles. The van der Waals surface area contributed by atoms with Crippen LogP contribution in [0.15, 0.2) is 53.6 Å². The maximum absolute atomic E-state index is 3.11. The molecular formula is C17H26NSi. The van der Waals surface area contributed by atoms with Gasteiger partial charge < -0.3 is 5.32 Å². The number of allylic oxidation sites excluding steroid dienone is 4. The highest BCUT2D eigenvalue weighted by Gasteiger charge is 2.14. The number of benzene rings is 1. The topological polar surface area (TPSA) is 12.0 Å². The van der Waals surface area contributed by atoms with Crippen LogP contribution in [-0.2, 0) is 0 Å². The molecule has 0 unspecified atom stereocenters. The second-order valence-corrected chi connectivity index (χ2v) is 6.79. The average Bonchev–Trinajstić information content (AvgIpc) is 2.71. The Morgan fingerprint density at radius 2 is 1.58 bits per heavy atom. The SMILES string of the molecule is CC1=C[C]([SiH2]c2ccccc2)C(C)=C1.CCNCC. The Hall–Kier alpha value is -1.12. The molecule has 1 nitrogen and oxygen atoms in total. The second-order valence-electron chi connectivity index (χ2n) is 4.86. The fourth-order valence-corrected chi connectivity index (χ4v) is 3.87. The summed E-state index contributed by atoms with van der Waals surface area (Å²) in [5, 5.41) is 4.64. The van der Waals surface area contributed by atoms with Crippen LogP contribution in [-0.4, -0.2) is 22.6 Å². The van der Waals surface area contributed by atoms with E-state index in [4.69, 9.17) is 0 Å². The summed E-state index contributed by atoms with van der Waals surface area (Å²) in [5.41, 5.74) is 4.47. The molecule has 1 radical (unpaired) electrons. The highest BCUT2D eigenvalue weighted by molar-refractivity contribution is 6.61. The Labute approximate surface area is 120 Å². The van der Waals surface area contributed by atoms with E-state index in [1.807, 2.05) is 0 Å². The molecule has 0 heterocycles. The van der Waals surface area contributed by atoms with Gasteiger partial charge in [-0.2, -0.15) is 0 Å². The first-order valence-electron chi connectivity index (χ1n) is 7.14. The van der Waals surface area contributed by atoms with Crippen molar-refractivity contribution in [2.24, 2.45) is 0 Å². The first-order chi connectivity index (χ1) is 9.17. The molecule has 0 saturated carbocycles. The molecule has 1 aromatic rings. The van der Waals surface area contributed by atoms with Crippen molar-refractivity contribution in [3.05, 3.63) is 59.2 Å². The normalized spacial score (nSPS) is 15.2. The molecule has 0 saturated heterocycles. The molecular weight excluding hydrogens is 246 g/mol. The number of hydrogen-bond donors (Lipinski definition) is 1. The monoisotopic (exact) mass is 272 g/mol. The molecule has 1 aliphatic carbocycles. The van der Waals surface area contributed by atoms with Crippen molar-refractivity contribution in [2.75, 3.05) is 13.1 Å². The van der Waals surface area contributed by atoms with Crippen molar-refractivity contribution < 1.29 is 0 Å². The molecule has 19 heavy (non-hydrogen) atoms. The van der Waals surface area contributed by atoms with Crippen LogP contribution >= 0.6 is 0 Å². The van der Waals surface area contributed by atoms with Crippen LogP contribution in [0.5, 0.6) is 0 Å². The van der Waals surface area contributed by atoms with Crippen LogP contribution in [0.2, 0.25) is 0 Å². The van der Waals surface area contributed by atoms with Crippen LogP contribution < -0.4 is 10.5 Å². The third-order valence-electron chi connectivity index (χ3n) is 3.09. The highest BCUT2D eigenvalue weighted by atomic mass is 28.2. The molecule has 2 heteroatoms. The van der Waals surface area contributed by atoms with E-state index in [-0.39, 0.29) is 9.52 Å². The number of rotatable bonds is 4. The molecule has 1 N–H and O–H groups in total. The van der Waals surface area contributed by atoms with Gasteiger partial charge in [-0.25, -0.2) is 0 Å². The van der Waals surface area contributed by atoms with E-state index in [1.165, 1.54) is 16.3 Å². The molecule has 0 aromatic heterocycles. The van der Waals surface area contributed by atoms with Gasteiger partial charge in [-0.15, -0.1) is 0 Å². The second kappa shape index (κ2) is 8.89. The maximum atomic E-state index is 3.11. The zero-order chi connectivity index (χ0) is 14.1. The van der Waals surface area contributed by atoms with Crippen LogP contribution in [0.3, 0.4) is 0 Å². The van der Waals surface area contributed by atoms with Crippen LogP contribution in [0.1, 0.15) is 27.7 Å². The third kappa shape index (κ3) is 6.04. The van der Waals surface area contributed by atoms with Crippen molar-refractivity contribution in [2.45, 2.75) is 27.7 Å². The van der Waals surface area contributed by atoms with E-state index in [1.54, 1.807) is 5.54 Å². The Balaban J connectivity index is 0.000000312. The Kier molecular flexibility index (Phi) is 7.45. The molecule has 2 rings (SSSR count). The standard InChI is InChI=1S/C13H15Si.C4H11N/c1-10-8-11(2)13(9-10)14-12-6-4-3-5-7-12;1-3-5-4-2/h3-9H,14H2,1-2H3;5H,3-4H2,1-2H3. The molecule has 103 valence electrons. The Morgan fingerprint density at radius 3 is 2.00 bits per heavy atom. The molecule has 0 aliphatic heterocycles. The molecule has 0 fully saturated rings. The van der Waals surface area contributed by atoms with Crippen LogP contribution in [0.4, 0.5) is 0 Å². The van der Waals surface area contributed by atoms with Crippen molar-refractivity contribution in [1.29, 1.82) is 0 Å². The van der Waals surface area contributed by atoms with Crippen molar-refractivity contribution >= 4 is 14.7 Å². The largest absolute Gasteiger partial charge is 0.317 e. The number of nitrogens with one attached hydrogen (secondary N) is 1. The predicted octanol–water partition coefficient (Wildman–Crippen LogP) is 2.53. The fraction of sp³-hybridized carbons (Fsp3) is 0.353. The van der Waals surface area contributed by atoms with Crippen LogP contribution in [0.25, 0.3) is 0 Å². The minimum atomic E-state index is -0.242. The highest BCUT2D eigenvalue weighted by Crippen LogP contribution is 2.23. The lowest BCUT2D eigenvalue weighted by molar-refractivity contribution is 0.762. The van der Waals surface area contributed by atoms with E-state index < -0.39 is 0 Å². The molecule has 1 aliphatic rings. The lowest BCUT2D eigenvalue weighted by atomic mass is 10.3. The first-order valence-corrected chi connectivity index (χ1v) is 8.56. The molecule has 0 atom stereocenters. The summed E-state index contributed by atoms with van der Waals surface area (Å²) in [5.74, 6) is 0. The summed E-state index contributed by atoms with van der Waals surface area (Å²) < 4.78 is 0. The van der Waals surface area contributed by atoms with Gasteiger partial charge in [0.25, 0.3) is 0 Å². The van der Waals surface area contributed by atoms with Crippen molar-refractivity contribution in [3.63, 3.8) is 0 Å². The van der Waals surface area contributed by atoms with Gasteiger partial charge in [0.1, 0.15) is 0 Å². The van der Waals surface area contributed by atoms with Gasteiger partial charge in [0.2, 0.25) is 0 Å². The first kappa shape index (κ1) is 15.9. The number of hydrogen-bond acceptors (Lipinski definition) is 1. The lowest BCUT2D eigenvalue weighted by Crippen LogP contribution is -2.20. The van der Waals surface area contributed by atoms with E-state index in [2.05, 4.69) is 75.5 Å². The van der Waals surface area contributed by atoms with E-state index in [0.29, 0.717) is 0 Å². The zero-order valence-electron chi connectivity index (χ0n) is 12.7. The van der Waals surface area contributed by atoms with E-state index in [0.717, 1.165) is 13.1 Å². The summed E-state index contributed by atoms with van der Waals surface area (Å²) >= 11 is 0. The molecule has 0 amide bonds. The Bertz CT molecular complexity index is 418. The zero-order valence-corrected chi connectivity index (χ0v) is 14.1. The molecule has 0 bridgehead atoms. The summed E-state index contributed by atoms with van der Waals surface area (Å²) in [6.07, 6.45) is 4.62. The third-order valence-corrected chi connectivity index (χ3v) is 5.11. The smallest absolute Gasteiger partial charge is 0.0717 e. The predicted molar refractivity (Wildman–Crippen MR) is 89.6 cm³/mol. The van der Waals surface area contributed by atoms with Gasteiger partial charge in [-0.1, -0.05) is 72.7 Å². The Morgan fingerprint density at radius 1 is 0.947 bits per heavy atom. The summed E-state index contributed by atoms with van der Waals surface area (Å²) in [6.45, 7) is 10.8. The molecule has 0 spiro atoms. The van der Waals surface area contributed by atoms with E-state index in [9.17, 15) is 0 Å². The quantitative estimate of drug-likeness (QED) is 0.831. The van der Waals surface area contributed by atoms with Gasteiger partial charge in [0, 0.05) is 5.54 Å². The summed E-state index contributed by atoms with van der Waals surface area (Å²) in [4.78, 5) is 0. The minimum Gasteiger partial charge on any atom is -0.317 e. The lowest BCUT2D eigenvalue weighted by Gasteiger charge is -2.07. The average molecular weight is 272 g/mol. The van der Waals surface area contributed by atoms with Crippen molar-refractivity contribution in [3.8, 4) is 0 Å². The van der Waals surface area contributed by atoms with Gasteiger partial charge in [0.05, 0.1) is 9.52 Å².